The summed E-state index contributed by atoms with van der Waals surface area (Å²) in [6.07, 6.45) is 1.87. The number of aryl methyl sites for hydroxylation is 1. The van der Waals surface area contributed by atoms with Gasteiger partial charge in [0.1, 0.15) is 5.15 Å². The van der Waals surface area contributed by atoms with E-state index in [-0.39, 0.29) is 0 Å². The predicted molar refractivity (Wildman–Crippen MR) is 92.7 cm³/mol. The normalized spacial score (nSPS) is 16.0. The number of hydrogen-bond acceptors (Lipinski definition) is 3. The molecule has 1 aliphatic rings. The largest absolute Gasteiger partial charge is 0.369 e. The fourth-order valence-corrected chi connectivity index (χ4v) is 3.10. The van der Waals surface area contributed by atoms with E-state index in [0.29, 0.717) is 5.15 Å². The lowest BCUT2D eigenvalue weighted by atomic mass is 10.1. The summed E-state index contributed by atoms with van der Waals surface area (Å²) < 4.78 is 0. The summed E-state index contributed by atoms with van der Waals surface area (Å²) in [7, 11) is 0. The van der Waals surface area contributed by atoms with E-state index < -0.39 is 0 Å². The predicted octanol–water partition coefficient (Wildman–Crippen LogP) is 3.67. The van der Waals surface area contributed by atoms with Crippen molar-refractivity contribution in [3.63, 3.8) is 0 Å². The molecule has 0 amide bonds. The second-order valence-electron chi connectivity index (χ2n) is 5.97. The SMILES string of the molecule is Cc1cccc(N2CCN(Cc3ccc(Cl)nc3)CC2)c1C. The van der Waals surface area contributed by atoms with Crippen molar-refractivity contribution in [3.05, 3.63) is 58.4 Å². The van der Waals surface area contributed by atoms with E-state index in [4.69, 9.17) is 11.6 Å². The molecule has 116 valence electrons. The Bertz CT molecular complexity index is 631. The van der Waals surface area contributed by atoms with Crippen molar-refractivity contribution in [2.24, 2.45) is 0 Å². The van der Waals surface area contributed by atoms with Crippen LogP contribution >= 0.6 is 11.6 Å². The zero-order valence-corrected chi connectivity index (χ0v) is 14.0. The molecular weight excluding hydrogens is 294 g/mol. The third-order valence-corrected chi connectivity index (χ3v) is 4.71. The molecule has 0 saturated carbocycles. The molecule has 22 heavy (non-hydrogen) atoms. The third-order valence-electron chi connectivity index (χ3n) is 4.48. The number of rotatable bonds is 3. The van der Waals surface area contributed by atoms with Gasteiger partial charge < -0.3 is 4.90 Å². The fourth-order valence-electron chi connectivity index (χ4n) is 2.98. The lowest BCUT2D eigenvalue weighted by Crippen LogP contribution is -2.46. The van der Waals surface area contributed by atoms with Crippen LogP contribution in [0.1, 0.15) is 16.7 Å². The first-order chi connectivity index (χ1) is 10.6. The van der Waals surface area contributed by atoms with Crippen LogP contribution in [0.25, 0.3) is 0 Å². The average Bonchev–Trinajstić information content (AvgIpc) is 2.53. The van der Waals surface area contributed by atoms with E-state index in [9.17, 15) is 0 Å². The van der Waals surface area contributed by atoms with E-state index in [0.717, 1.165) is 32.7 Å². The molecule has 1 aliphatic heterocycles. The molecule has 4 heteroatoms. The monoisotopic (exact) mass is 315 g/mol. The Morgan fingerprint density at radius 3 is 2.50 bits per heavy atom. The Morgan fingerprint density at radius 2 is 1.82 bits per heavy atom. The standard InChI is InChI=1S/C18H22ClN3/c1-14-4-3-5-17(15(14)2)22-10-8-21(9-11-22)13-16-6-7-18(19)20-12-16/h3-7,12H,8-11,13H2,1-2H3. The molecule has 2 heterocycles. The quantitative estimate of drug-likeness (QED) is 0.806. The molecule has 1 fully saturated rings. The van der Waals surface area contributed by atoms with Crippen LogP contribution < -0.4 is 4.90 Å². The maximum atomic E-state index is 5.84. The molecule has 0 spiro atoms. The smallest absolute Gasteiger partial charge is 0.129 e. The number of piperazine rings is 1. The molecule has 2 aromatic rings. The molecule has 0 N–H and O–H groups in total. The Morgan fingerprint density at radius 1 is 1.05 bits per heavy atom. The lowest BCUT2D eigenvalue weighted by molar-refractivity contribution is 0.249. The van der Waals surface area contributed by atoms with Gasteiger partial charge in [0.15, 0.2) is 0 Å². The number of anilines is 1. The molecule has 0 atom stereocenters. The van der Waals surface area contributed by atoms with Gasteiger partial charge in [-0.05, 0) is 42.7 Å². The molecule has 0 aliphatic carbocycles. The van der Waals surface area contributed by atoms with Crippen molar-refractivity contribution in [2.45, 2.75) is 20.4 Å². The first-order valence-electron chi connectivity index (χ1n) is 7.77. The molecule has 0 bridgehead atoms. The highest BCUT2D eigenvalue weighted by atomic mass is 35.5. The zero-order valence-electron chi connectivity index (χ0n) is 13.2. The highest BCUT2D eigenvalue weighted by Gasteiger charge is 2.18. The van der Waals surface area contributed by atoms with E-state index >= 15 is 0 Å². The van der Waals surface area contributed by atoms with Gasteiger partial charge in [-0.25, -0.2) is 4.98 Å². The Labute approximate surface area is 137 Å². The molecule has 1 saturated heterocycles. The number of aromatic nitrogens is 1. The van der Waals surface area contributed by atoms with Crippen LogP contribution in [-0.2, 0) is 6.54 Å². The van der Waals surface area contributed by atoms with Crippen LogP contribution in [0.2, 0.25) is 5.15 Å². The van der Waals surface area contributed by atoms with Crippen LogP contribution in [0.5, 0.6) is 0 Å². The Kier molecular flexibility index (Phi) is 4.65. The number of pyridine rings is 1. The van der Waals surface area contributed by atoms with E-state index in [2.05, 4.69) is 52.9 Å². The summed E-state index contributed by atoms with van der Waals surface area (Å²) in [6, 6.07) is 10.5. The van der Waals surface area contributed by atoms with Crippen molar-refractivity contribution < 1.29 is 0 Å². The van der Waals surface area contributed by atoms with E-state index in [1.54, 1.807) is 0 Å². The van der Waals surface area contributed by atoms with Gasteiger partial charge >= 0.3 is 0 Å². The zero-order chi connectivity index (χ0) is 15.5. The molecule has 3 rings (SSSR count). The maximum absolute atomic E-state index is 5.84. The minimum Gasteiger partial charge on any atom is -0.369 e. The van der Waals surface area contributed by atoms with Crippen molar-refractivity contribution in [3.8, 4) is 0 Å². The van der Waals surface area contributed by atoms with Crippen LogP contribution in [0.4, 0.5) is 5.69 Å². The molecule has 1 aromatic heterocycles. The molecular formula is C18H22ClN3. The summed E-state index contributed by atoms with van der Waals surface area (Å²) in [5, 5.41) is 0.559. The van der Waals surface area contributed by atoms with Gasteiger partial charge in [-0.2, -0.15) is 0 Å². The van der Waals surface area contributed by atoms with Crippen molar-refractivity contribution in [2.75, 3.05) is 31.1 Å². The van der Waals surface area contributed by atoms with Gasteiger partial charge in [-0.15, -0.1) is 0 Å². The van der Waals surface area contributed by atoms with Gasteiger partial charge in [0.05, 0.1) is 0 Å². The summed E-state index contributed by atoms with van der Waals surface area (Å²) in [5.74, 6) is 0. The van der Waals surface area contributed by atoms with E-state index in [1.165, 1.54) is 22.4 Å². The first kappa shape index (κ1) is 15.3. The second kappa shape index (κ2) is 6.67. The average molecular weight is 316 g/mol. The highest BCUT2D eigenvalue weighted by Crippen LogP contribution is 2.24. The minimum absolute atomic E-state index is 0.559. The summed E-state index contributed by atoms with van der Waals surface area (Å²) in [6.45, 7) is 9.66. The van der Waals surface area contributed by atoms with Gasteiger partial charge in [-0.1, -0.05) is 29.8 Å². The topological polar surface area (TPSA) is 19.4 Å². The summed E-state index contributed by atoms with van der Waals surface area (Å²) >= 11 is 5.84. The second-order valence-corrected chi connectivity index (χ2v) is 6.36. The number of halogens is 1. The van der Waals surface area contributed by atoms with Gasteiger partial charge in [-0.3, -0.25) is 4.90 Å². The molecule has 1 aromatic carbocycles. The molecule has 0 radical (unpaired) electrons. The van der Waals surface area contributed by atoms with Crippen molar-refractivity contribution >= 4 is 17.3 Å². The van der Waals surface area contributed by atoms with Gasteiger partial charge in [0.25, 0.3) is 0 Å². The first-order valence-corrected chi connectivity index (χ1v) is 8.15. The third kappa shape index (κ3) is 3.42. The van der Waals surface area contributed by atoms with Crippen LogP contribution in [-0.4, -0.2) is 36.1 Å². The van der Waals surface area contributed by atoms with Gasteiger partial charge in [0.2, 0.25) is 0 Å². The van der Waals surface area contributed by atoms with Gasteiger partial charge in [0, 0.05) is 44.6 Å². The number of hydrogen-bond donors (Lipinski definition) is 0. The van der Waals surface area contributed by atoms with Crippen LogP contribution in [0, 0.1) is 13.8 Å². The number of benzene rings is 1. The van der Waals surface area contributed by atoms with E-state index in [1.807, 2.05) is 12.3 Å². The lowest BCUT2D eigenvalue weighted by Gasteiger charge is -2.37. The maximum Gasteiger partial charge on any atom is 0.129 e. The van der Waals surface area contributed by atoms with Crippen molar-refractivity contribution in [1.82, 2.24) is 9.88 Å². The van der Waals surface area contributed by atoms with Crippen LogP contribution in [0.15, 0.2) is 36.5 Å². The van der Waals surface area contributed by atoms with Crippen molar-refractivity contribution in [1.29, 1.82) is 0 Å². The Hall–Kier alpha value is -1.58. The molecule has 3 nitrogen and oxygen atoms in total. The minimum atomic E-state index is 0.559. The van der Waals surface area contributed by atoms with Crippen LogP contribution in [0.3, 0.4) is 0 Å². The molecule has 0 unspecified atom stereocenters. The fraction of sp³-hybridized carbons (Fsp3) is 0.389. The number of nitrogens with zero attached hydrogens (tertiary/aromatic N) is 3. The summed E-state index contributed by atoms with van der Waals surface area (Å²) in [5.41, 5.74) is 5.38. The summed E-state index contributed by atoms with van der Waals surface area (Å²) in [4.78, 5) is 9.13. The highest BCUT2D eigenvalue weighted by molar-refractivity contribution is 6.29. The Balaban J connectivity index is 1.60.